The smallest absolute Gasteiger partial charge is 0.388 e. The molecule has 1 aromatic carbocycles. The summed E-state index contributed by atoms with van der Waals surface area (Å²) in [7, 11) is 0. The Kier molecular flexibility index (Phi) is 5.75. The highest BCUT2D eigenvalue weighted by atomic mass is 19.4. The molecule has 0 aliphatic carbocycles. The van der Waals surface area contributed by atoms with E-state index < -0.39 is 41.9 Å². The van der Waals surface area contributed by atoms with E-state index in [0.29, 0.717) is 5.56 Å². The zero-order valence-electron chi connectivity index (χ0n) is 13.9. The van der Waals surface area contributed by atoms with Crippen LogP contribution < -0.4 is 0 Å². The molecule has 1 aromatic rings. The van der Waals surface area contributed by atoms with Crippen LogP contribution in [0.4, 0.5) is 39.5 Å². The van der Waals surface area contributed by atoms with Crippen molar-refractivity contribution >= 4 is 0 Å². The highest BCUT2D eigenvalue weighted by Crippen LogP contribution is 2.55. The first-order valence-corrected chi connectivity index (χ1v) is 7.33. The number of rotatable bonds is 5. The number of hydrogen-bond donors (Lipinski definition) is 1. The molecule has 1 rings (SSSR count). The van der Waals surface area contributed by atoms with Crippen LogP contribution in [0.1, 0.15) is 44.4 Å². The average Bonchev–Trinajstić information content (AvgIpc) is 2.44. The summed E-state index contributed by atoms with van der Waals surface area (Å²) in [6.45, 7) is 5.18. The predicted octanol–water partition coefficient (Wildman–Crippen LogP) is 5.88. The molecule has 0 spiro atoms. The third kappa shape index (κ3) is 4.10. The molecule has 0 bridgehead atoms. The maximum Gasteiger partial charge on any atom is 0.460 e. The highest BCUT2D eigenvalue weighted by molar-refractivity contribution is 5.30. The molecular weight excluding hydrogens is 379 g/mol. The van der Waals surface area contributed by atoms with Crippen molar-refractivity contribution in [3.63, 3.8) is 0 Å². The fourth-order valence-corrected chi connectivity index (χ4v) is 2.11. The van der Waals surface area contributed by atoms with Crippen LogP contribution in [-0.2, 0) is 5.41 Å². The molecule has 0 aromatic heterocycles. The molecule has 26 heavy (non-hydrogen) atoms. The molecule has 0 radical (unpaired) electrons. The molecule has 0 saturated carbocycles. The average molecular weight is 396 g/mol. The Balaban J connectivity index is 3.17. The van der Waals surface area contributed by atoms with Gasteiger partial charge in [0.15, 0.2) is 0 Å². The maximum atomic E-state index is 13.6. The predicted molar refractivity (Wildman–Crippen MR) is 75.6 cm³/mol. The lowest BCUT2D eigenvalue weighted by Crippen LogP contribution is -2.61. The minimum Gasteiger partial charge on any atom is -0.388 e. The van der Waals surface area contributed by atoms with Crippen molar-refractivity contribution < 1.29 is 44.6 Å². The van der Waals surface area contributed by atoms with Gasteiger partial charge in [0, 0.05) is 6.42 Å². The topological polar surface area (TPSA) is 20.2 Å². The van der Waals surface area contributed by atoms with E-state index in [-0.39, 0.29) is 5.56 Å². The second-order valence-electron chi connectivity index (χ2n) is 6.95. The lowest BCUT2D eigenvalue weighted by Gasteiger charge is -2.34. The van der Waals surface area contributed by atoms with Gasteiger partial charge in [0.2, 0.25) is 0 Å². The Morgan fingerprint density at radius 2 is 1.35 bits per heavy atom. The summed E-state index contributed by atoms with van der Waals surface area (Å²) >= 11 is 0. The van der Waals surface area contributed by atoms with Crippen LogP contribution >= 0.6 is 0 Å². The van der Waals surface area contributed by atoms with Crippen molar-refractivity contribution in [2.45, 2.75) is 62.7 Å². The van der Waals surface area contributed by atoms with Crippen molar-refractivity contribution in [1.29, 1.82) is 0 Å². The normalized spacial score (nSPS) is 15.9. The van der Waals surface area contributed by atoms with Gasteiger partial charge in [-0.15, -0.1) is 0 Å². The van der Waals surface area contributed by atoms with Gasteiger partial charge in [0.05, 0.1) is 6.10 Å². The van der Waals surface area contributed by atoms with Gasteiger partial charge in [-0.1, -0.05) is 45.0 Å². The van der Waals surface area contributed by atoms with Crippen LogP contribution in [0.3, 0.4) is 0 Å². The zero-order chi connectivity index (χ0) is 20.8. The number of aliphatic hydroxyl groups is 1. The molecule has 1 atom stereocenters. The fourth-order valence-electron chi connectivity index (χ4n) is 2.11. The van der Waals surface area contributed by atoms with Gasteiger partial charge < -0.3 is 5.11 Å². The summed E-state index contributed by atoms with van der Waals surface area (Å²) in [5.41, 5.74) is -0.293. The van der Waals surface area contributed by atoms with E-state index in [1.807, 2.05) is 0 Å². The number of benzene rings is 1. The fraction of sp³-hybridized carbons (Fsp3) is 0.625. The third-order valence-corrected chi connectivity index (χ3v) is 3.80. The standard InChI is InChI=1S/C16H17F9O/c1-12(2,3)10-6-4-5-9(7-10)11(26)8-13(17,18)14(19,20)15(21,22)16(23,24)25/h4-7,11,26H,8H2,1-3H3. The number of halogens is 9. The largest absolute Gasteiger partial charge is 0.460 e. The first kappa shape index (κ1) is 22.6. The van der Waals surface area contributed by atoms with Crippen LogP contribution in [-0.4, -0.2) is 29.1 Å². The lowest BCUT2D eigenvalue weighted by atomic mass is 9.85. The van der Waals surface area contributed by atoms with Crippen molar-refractivity contribution in [1.82, 2.24) is 0 Å². The van der Waals surface area contributed by atoms with Crippen molar-refractivity contribution in [2.75, 3.05) is 0 Å². The number of aliphatic hydroxyl groups excluding tert-OH is 1. The van der Waals surface area contributed by atoms with Gasteiger partial charge in [-0.05, 0) is 16.5 Å². The van der Waals surface area contributed by atoms with Crippen LogP contribution in [0, 0.1) is 0 Å². The van der Waals surface area contributed by atoms with Gasteiger partial charge in [0.25, 0.3) is 0 Å². The van der Waals surface area contributed by atoms with Gasteiger partial charge >= 0.3 is 23.9 Å². The molecule has 0 aliphatic rings. The molecule has 1 N–H and O–H groups in total. The molecule has 0 aliphatic heterocycles. The molecule has 150 valence electrons. The lowest BCUT2D eigenvalue weighted by molar-refractivity contribution is -0.398. The molecule has 10 heteroatoms. The van der Waals surface area contributed by atoms with Crippen molar-refractivity contribution in [3.8, 4) is 0 Å². The van der Waals surface area contributed by atoms with Gasteiger partial charge in [-0.3, -0.25) is 0 Å². The van der Waals surface area contributed by atoms with E-state index in [2.05, 4.69) is 0 Å². The van der Waals surface area contributed by atoms with E-state index >= 15 is 0 Å². The maximum absolute atomic E-state index is 13.6. The minimum atomic E-state index is -6.96. The highest BCUT2D eigenvalue weighted by Gasteiger charge is 2.81. The summed E-state index contributed by atoms with van der Waals surface area (Å²) in [4.78, 5) is 0. The quantitative estimate of drug-likeness (QED) is 0.617. The summed E-state index contributed by atoms with van der Waals surface area (Å²) < 4.78 is 116. The molecule has 0 fully saturated rings. The van der Waals surface area contributed by atoms with Crippen molar-refractivity contribution in [2.24, 2.45) is 0 Å². The first-order valence-electron chi connectivity index (χ1n) is 7.33. The Morgan fingerprint density at radius 1 is 0.846 bits per heavy atom. The Hall–Kier alpha value is -1.45. The van der Waals surface area contributed by atoms with Gasteiger partial charge in [-0.25, -0.2) is 0 Å². The van der Waals surface area contributed by atoms with Crippen molar-refractivity contribution in [3.05, 3.63) is 35.4 Å². The third-order valence-electron chi connectivity index (χ3n) is 3.80. The number of alkyl halides is 9. The second kappa shape index (κ2) is 6.61. The van der Waals surface area contributed by atoms with E-state index in [1.165, 1.54) is 12.1 Å². The van der Waals surface area contributed by atoms with Crippen LogP contribution in [0.5, 0.6) is 0 Å². The summed E-state index contributed by atoms with van der Waals surface area (Å²) in [5.74, 6) is -19.5. The monoisotopic (exact) mass is 396 g/mol. The SMILES string of the molecule is CC(C)(C)c1cccc(C(O)CC(F)(F)C(F)(F)C(F)(F)C(F)(F)F)c1. The van der Waals surface area contributed by atoms with Crippen LogP contribution in [0.15, 0.2) is 24.3 Å². The Bertz CT molecular complexity index is 629. The van der Waals surface area contributed by atoms with Gasteiger partial charge in [-0.2, -0.15) is 39.5 Å². The molecule has 0 amide bonds. The second-order valence-corrected chi connectivity index (χ2v) is 6.95. The molecule has 0 heterocycles. The number of hydrogen-bond acceptors (Lipinski definition) is 1. The van der Waals surface area contributed by atoms with Crippen LogP contribution in [0.2, 0.25) is 0 Å². The van der Waals surface area contributed by atoms with E-state index in [9.17, 15) is 44.6 Å². The zero-order valence-corrected chi connectivity index (χ0v) is 13.9. The molecular formula is C16H17F9O. The molecule has 1 nitrogen and oxygen atoms in total. The van der Waals surface area contributed by atoms with Crippen LogP contribution in [0.25, 0.3) is 0 Å². The Labute approximate surface area is 143 Å². The van der Waals surface area contributed by atoms with E-state index in [4.69, 9.17) is 0 Å². The minimum absolute atomic E-state index is 0.303. The Morgan fingerprint density at radius 3 is 1.77 bits per heavy atom. The molecule has 1 unspecified atom stereocenters. The van der Waals surface area contributed by atoms with E-state index in [0.717, 1.165) is 6.07 Å². The van der Waals surface area contributed by atoms with E-state index in [1.54, 1.807) is 26.8 Å². The van der Waals surface area contributed by atoms with Gasteiger partial charge in [0.1, 0.15) is 0 Å². The first-order chi connectivity index (χ1) is 11.3. The summed E-state index contributed by atoms with van der Waals surface area (Å²) in [6, 6.07) is 5.15. The molecule has 0 saturated heterocycles. The summed E-state index contributed by atoms with van der Waals surface area (Å²) in [5, 5.41) is 9.74. The summed E-state index contributed by atoms with van der Waals surface area (Å²) in [6.07, 6.45) is -11.6.